The van der Waals surface area contributed by atoms with E-state index in [1.165, 1.54) is 12.1 Å². The van der Waals surface area contributed by atoms with Crippen LogP contribution in [0.1, 0.15) is 11.7 Å². The summed E-state index contributed by atoms with van der Waals surface area (Å²) in [6, 6.07) is 5.73. The van der Waals surface area contributed by atoms with Gasteiger partial charge in [0.2, 0.25) is 0 Å². The second kappa shape index (κ2) is 7.97. The van der Waals surface area contributed by atoms with Crippen molar-refractivity contribution in [2.75, 3.05) is 6.61 Å². The lowest BCUT2D eigenvalue weighted by atomic mass is 9.89. The van der Waals surface area contributed by atoms with Crippen molar-refractivity contribution < 1.29 is 50.0 Å². The van der Waals surface area contributed by atoms with Gasteiger partial charge in [-0.25, -0.2) is 0 Å². The van der Waals surface area contributed by atoms with Crippen molar-refractivity contribution in [3.63, 3.8) is 0 Å². The van der Waals surface area contributed by atoms with Gasteiger partial charge in [0, 0.05) is 17.7 Å². The van der Waals surface area contributed by atoms with Crippen LogP contribution in [0, 0.1) is 0 Å². The highest BCUT2D eigenvalue weighted by Crippen LogP contribution is 2.44. The molecule has 1 aromatic heterocycles. The van der Waals surface area contributed by atoms with E-state index in [4.69, 9.17) is 9.15 Å². The quantitative estimate of drug-likeness (QED) is 0.247. The number of hydrogen-bond acceptors (Lipinski definition) is 11. The van der Waals surface area contributed by atoms with Crippen LogP contribution in [0.4, 0.5) is 0 Å². The molecular formula is C21H20O11. The molecule has 1 aliphatic rings. The van der Waals surface area contributed by atoms with Crippen molar-refractivity contribution in [3.05, 3.63) is 46.1 Å². The van der Waals surface area contributed by atoms with Crippen LogP contribution in [0.2, 0.25) is 0 Å². The first-order chi connectivity index (χ1) is 15.1. The minimum absolute atomic E-state index is 0.0304. The van der Waals surface area contributed by atoms with Crippen LogP contribution < -0.4 is 5.43 Å². The van der Waals surface area contributed by atoms with Crippen LogP contribution in [-0.2, 0) is 4.74 Å². The summed E-state index contributed by atoms with van der Waals surface area (Å²) in [6.45, 7) is -0.721. The topological polar surface area (TPSA) is 201 Å². The summed E-state index contributed by atoms with van der Waals surface area (Å²) in [5, 5.41) is 79.6. The number of ether oxygens (including phenoxy) is 1. The molecule has 0 aliphatic carbocycles. The van der Waals surface area contributed by atoms with Gasteiger partial charge in [-0.3, -0.25) is 4.79 Å². The van der Waals surface area contributed by atoms with Gasteiger partial charge in [0.05, 0.1) is 12.2 Å². The monoisotopic (exact) mass is 448 g/mol. The Bertz CT molecular complexity index is 1230. The highest BCUT2D eigenvalue weighted by Gasteiger charge is 2.46. The summed E-state index contributed by atoms with van der Waals surface area (Å²) in [4.78, 5) is 12.8. The highest BCUT2D eigenvalue weighted by atomic mass is 16.5. The predicted molar refractivity (Wildman–Crippen MR) is 107 cm³/mol. The molecule has 170 valence electrons. The standard InChI is InChI=1S/C21H20O11/c22-6-14-17(27)19(29)20(30)21(32-14)16-11(26)5-13-15(18(16)28)10(25)4-12(31-13)7-1-2-8(23)9(24)3-7/h1-5,14,17,19-24,26-30H,6H2/t14-,17+,19-,20-,21-/m0/s1. The molecule has 11 heteroatoms. The maximum absolute atomic E-state index is 12.8. The number of phenols is 4. The number of benzene rings is 2. The average molecular weight is 448 g/mol. The van der Waals surface area contributed by atoms with Crippen molar-refractivity contribution in [2.24, 2.45) is 0 Å². The number of aliphatic hydroxyl groups is 4. The fraction of sp³-hybridized carbons (Fsp3) is 0.286. The Morgan fingerprint density at radius 3 is 2.22 bits per heavy atom. The van der Waals surface area contributed by atoms with Crippen LogP contribution in [0.5, 0.6) is 23.0 Å². The zero-order chi connectivity index (χ0) is 23.3. The Balaban J connectivity index is 1.86. The molecule has 0 radical (unpaired) electrons. The Morgan fingerprint density at radius 2 is 1.56 bits per heavy atom. The molecule has 8 N–H and O–H groups in total. The third-order valence-corrected chi connectivity index (χ3v) is 5.45. The van der Waals surface area contributed by atoms with Crippen LogP contribution in [0.15, 0.2) is 39.5 Å². The van der Waals surface area contributed by atoms with Crippen molar-refractivity contribution in [1.29, 1.82) is 0 Å². The Kier molecular flexibility index (Phi) is 5.44. The fourth-order valence-corrected chi connectivity index (χ4v) is 3.74. The van der Waals surface area contributed by atoms with Crippen LogP contribution in [-0.4, -0.2) is 71.9 Å². The van der Waals surface area contributed by atoms with Gasteiger partial charge in [-0.05, 0) is 18.2 Å². The summed E-state index contributed by atoms with van der Waals surface area (Å²) >= 11 is 0. The third kappa shape index (κ3) is 3.42. The molecular weight excluding hydrogens is 428 g/mol. The van der Waals surface area contributed by atoms with Crippen LogP contribution in [0.3, 0.4) is 0 Å². The van der Waals surface area contributed by atoms with Gasteiger partial charge in [-0.2, -0.15) is 0 Å². The zero-order valence-electron chi connectivity index (χ0n) is 16.3. The minimum atomic E-state index is -1.80. The van der Waals surface area contributed by atoms with E-state index in [0.29, 0.717) is 0 Å². The third-order valence-electron chi connectivity index (χ3n) is 5.45. The SMILES string of the molecule is O=c1cc(-c2ccc(O)c(O)c2)oc2cc(O)c([C@@H]3O[C@@H](CO)[C@@H](O)[C@H](O)[C@@H]3O)c(O)c12. The van der Waals surface area contributed by atoms with Crippen molar-refractivity contribution in [3.8, 4) is 34.3 Å². The number of rotatable bonds is 3. The van der Waals surface area contributed by atoms with E-state index in [2.05, 4.69) is 0 Å². The van der Waals surface area contributed by atoms with Crippen LogP contribution in [0.25, 0.3) is 22.3 Å². The molecule has 0 spiro atoms. The van der Waals surface area contributed by atoms with E-state index in [1.807, 2.05) is 0 Å². The van der Waals surface area contributed by atoms with E-state index in [9.17, 15) is 45.6 Å². The molecule has 3 aromatic rings. The maximum atomic E-state index is 12.8. The number of fused-ring (bicyclic) bond motifs is 1. The van der Waals surface area contributed by atoms with E-state index in [0.717, 1.165) is 18.2 Å². The first-order valence-electron chi connectivity index (χ1n) is 9.49. The van der Waals surface area contributed by atoms with E-state index < -0.39 is 65.4 Å². The first kappa shape index (κ1) is 21.9. The molecule has 2 aromatic carbocycles. The van der Waals surface area contributed by atoms with Crippen molar-refractivity contribution in [2.45, 2.75) is 30.5 Å². The van der Waals surface area contributed by atoms with Crippen LogP contribution >= 0.6 is 0 Å². The van der Waals surface area contributed by atoms with Gasteiger partial charge in [-0.15, -0.1) is 0 Å². The zero-order valence-corrected chi connectivity index (χ0v) is 16.3. The first-order valence-corrected chi connectivity index (χ1v) is 9.49. The Labute approximate surface area is 179 Å². The maximum Gasteiger partial charge on any atom is 0.197 e. The summed E-state index contributed by atoms with van der Waals surface area (Å²) in [5.74, 6) is -2.28. The van der Waals surface area contributed by atoms with Crippen molar-refractivity contribution in [1.82, 2.24) is 0 Å². The molecule has 1 saturated heterocycles. The largest absolute Gasteiger partial charge is 0.507 e. The van der Waals surface area contributed by atoms with Crippen molar-refractivity contribution >= 4 is 11.0 Å². The summed E-state index contributed by atoms with van der Waals surface area (Å²) in [5.41, 5.74) is -1.17. The molecule has 4 rings (SSSR count). The summed E-state index contributed by atoms with van der Waals surface area (Å²) in [7, 11) is 0. The molecule has 32 heavy (non-hydrogen) atoms. The lowest BCUT2D eigenvalue weighted by molar-refractivity contribution is -0.232. The predicted octanol–water partition coefficient (Wildman–Crippen LogP) is -0.203. The molecule has 0 saturated carbocycles. The Hall–Kier alpha value is -3.35. The minimum Gasteiger partial charge on any atom is -0.507 e. The van der Waals surface area contributed by atoms with Gasteiger partial charge in [0.25, 0.3) is 0 Å². The molecule has 0 amide bonds. The molecule has 5 atom stereocenters. The molecule has 11 nitrogen and oxygen atoms in total. The van der Waals surface area contributed by atoms with E-state index in [1.54, 1.807) is 0 Å². The second-order valence-corrected chi connectivity index (χ2v) is 7.46. The number of hydrogen-bond donors (Lipinski definition) is 8. The van der Waals surface area contributed by atoms with Gasteiger partial charge >= 0.3 is 0 Å². The van der Waals surface area contributed by atoms with Gasteiger partial charge in [-0.1, -0.05) is 0 Å². The molecule has 2 heterocycles. The van der Waals surface area contributed by atoms with Gasteiger partial charge < -0.3 is 50.0 Å². The fourth-order valence-electron chi connectivity index (χ4n) is 3.74. The second-order valence-electron chi connectivity index (χ2n) is 7.46. The molecule has 1 aliphatic heterocycles. The van der Waals surface area contributed by atoms with Gasteiger partial charge in [0.1, 0.15) is 58.7 Å². The summed E-state index contributed by atoms with van der Waals surface area (Å²) in [6.07, 6.45) is -8.09. The normalized spacial score (nSPS) is 25.8. The smallest absolute Gasteiger partial charge is 0.197 e. The van der Waals surface area contributed by atoms with Gasteiger partial charge in [0.15, 0.2) is 16.9 Å². The number of aromatic hydroxyl groups is 4. The number of aliphatic hydroxyl groups excluding tert-OH is 4. The Morgan fingerprint density at radius 1 is 0.844 bits per heavy atom. The van der Waals surface area contributed by atoms with E-state index in [-0.39, 0.29) is 28.0 Å². The summed E-state index contributed by atoms with van der Waals surface area (Å²) < 4.78 is 11.0. The highest BCUT2D eigenvalue weighted by molar-refractivity contribution is 5.88. The number of phenolic OH excluding ortho intramolecular Hbond substituents is 4. The lowest BCUT2D eigenvalue weighted by Crippen LogP contribution is -2.55. The lowest BCUT2D eigenvalue weighted by Gasteiger charge is -2.40. The molecule has 0 unspecified atom stereocenters. The molecule has 1 fully saturated rings. The van der Waals surface area contributed by atoms with E-state index >= 15 is 0 Å². The molecule has 0 bridgehead atoms. The average Bonchev–Trinajstić information content (AvgIpc) is 2.74.